The van der Waals surface area contributed by atoms with Gasteiger partial charge in [0.05, 0.1) is 18.7 Å². The number of nitrogens with zero attached hydrogens (tertiary/aromatic N) is 2. The van der Waals surface area contributed by atoms with Crippen LogP contribution in [0.4, 0.5) is 0 Å². The van der Waals surface area contributed by atoms with Gasteiger partial charge in [0.2, 0.25) is 0 Å². The van der Waals surface area contributed by atoms with E-state index in [1.54, 1.807) is 0 Å². The Kier molecular flexibility index (Phi) is 4.68. The Balaban J connectivity index is 1.66. The normalized spacial score (nSPS) is 16.9. The number of hydrogen-bond acceptors (Lipinski definition) is 5. The van der Waals surface area contributed by atoms with Gasteiger partial charge in [-0.3, -0.25) is 0 Å². The Morgan fingerprint density at radius 1 is 1.12 bits per heavy atom. The van der Waals surface area contributed by atoms with Crippen LogP contribution in [-0.2, 0) is 11.3 Å². The van der Waals surface area contributed by atoms with E-state index in [0.29, 0.717) is 36.5 Å². The summed E-state index contributed by atoms with van der Waals surface area (Å²) in [5.74, 6) is 1.27. The van der Waals surface area contributed by atoms with Gasteiger partial charge < -0.3 is 14.2 Å². The van der Waals surface area contributed by atoms with Crippen molar-refractivity contribution in [2.75, 3.05) is 13.2 Å². The van der Waals surface area contributed by atoms with E-state index < -0.39 is 0 Å². The number of aromatic nitrogens is 2. The maximum absolute atomic E-state index is 6.20. The first kappa shape index (κ1) is 16.1. The van der Waals surface area contributed by atoms with Crippen LogP contribution in [0.2, 0.25) is 5.15 Å². The quantitative estimate of drug-likeness (QED) is 0.646. The SMILES string of the molecule is Clc1ncnc2cc(OCc3ccccc3)c(OC3CCOC3)cc12. The van der Waals surface area contributed by atoms with Gasteiger partial charge in [-0.1, -0.05) is 41.9 Å². The van der Waals surface area contributed by atoms with Crippen LogP contribution in [0.15, 0.2) is 48.8 Å². The second-order valence-corrected chi connectivity index (χ2v) is 6.22. The molecule has 0 radical (unpaired) electrons. The maximum atomic E-state index is 6.20. The smallest absolute Gasteiger partial charge is 0.163 e. The third kappa shape index (κ3) is 3.67. The average Bonchev–Trinajstić information content (AvgIpc) is 3.15. The van der Waals surface area contributed by atoms with Gasteiger partial charge in [-0.25, -0.2) is 9.97 Å². The minimum absolute atomic E-state index is 0.0138. The molecule has 2 heterocycles. The fourth-order valence-electron chi connectivity index (χ4n) is 2.76. The molecular weight excluding hydrogens is 340 g/mol. The minimum Gasteiger partial charge on any atom is -0.485 e. The van der Waals surface area contributed by atoms with E-state index in [0.717, 1.165) is 22.9 Å². The number of fused-ring (bicyclic) bond motifs is 1. The van der Waals surface area contributed by atoms with Gasteiger partial charge in [0, 0.05) is 17.9 Å². The minimum atomic E-state index is 0.0138. The molecule has 0 N–H and O–H groups in total. The molecule has 6 heteroatoms. The molecule has 3 aromatic rings. The summed E-state index contributed by atoms with van der Waals surface area (Å²) in [5, 5.41) is 1.14. The van der Waals surface area contributed by atoms with E-state index in [1.165, 1.54) is 6.33 Å². The molecule has 0 spiro atoms. The third-order valence-corrected chi connectivity index (χ3v) is 4.37. The standard InChI is InChI=1S/C19H17ClN2O3/c20-19-15-8-18(25-14-6-7-23-11-14)17(9-16(15)21-12-22-19)24-10-13-4-2-1-3-5-13/h1-5,8-9,12,14H,6-7,10-11H2. The molecule has 0 aliphatic carbocycles. The monoisotopic (exact) mass is 356 g/mol. The van der Waals surface area contributed by atoms with Crippen LogP contribution in [0.25, 0.3) is 10.9 Å². The van der Waals surface area contributed by atoms with Gasteiger partial charge in [-0.2, -0.15) is 0 Å². The van der Waals surface area contributed by atoms with Crippen LogP contribution in [0.3, 0.4) is 0 Å². The first-order valence-corrected chi connectivity index (χ1v) is 8.53. The van der Waals surface area contributed by atoms with Gasteiger partial charge in [-0.15, -0.1) is 0 Å². The first-order valence-electron chi connectivity index (χ1n) is 8.15. The van der Waals surface area contributed by atoms with E-state index in [4.69, 9.17) is 25.8 Å². The van der Waals surface area contributed by atoms with E-state index in [-0.39, 0.29) is 6.10 Å². The van der Waals surface area contributed by atoms with Crippen molar-refractivity contribution in [3.05, 3.63) is 59.5 Å². The molecule has 4 rings (SSSR count). The lowest BCUT2D eigenvalue weighted by Crippen LogP contribution is -2.16. The molecule has 25 heavy (non-hydrogen) atoms. The molecule has 0 bridgehead atoms. The average molecular weight is 357 g/mol. The molecule has 1 aliphatic heterocycles. The number of ether oxygens (including phenoxy) is 3. The van der Waals surface area contributed by atoms with Crippen LogP contribution in [0.5, 0.6) is 11.5 Å². The lowest BCUT2D eigenvalue weighted by atomic mass is 10.2. The predicted octanol–water partition coefficient (Wildman–Crippen LogP) is 4.03. The van der Waals surface area contributed by atoms with Crippen molar-refractivity contribution < 1.29 is 14.2 Å². The highest BCUT2D eigenvalue weighted by atomic mass is 35.5. The van der Waals surface area contributed by atoms with Crippen molar-refractivity contribution in [1.82, 2.24) is 9.97 Å². The lowest BCUT2D eigenvalue weighted by Gasteiger charge is -2.17. The number of benzene rings is 2. The van der Waals surface area contributed by atoms with Gasteiger partial charge >= 0.3 is 0 Å². The van der Waals surface area contributed by atoms with E-state index in [9.17, 15) is 0 Å². The number of halogens is 1. The summed E-state index contributed by atoms with van der Waals surface area (Å²) in [7, 11) is 0. The van der Waals surface area contributed by atoms with Gasteiger partial charge in [-0.05, 0) is 11.6 Å². The fraction of sp³-hybridized carbons (Fsp3) is 0.263. The third-order valence-electron chi connectivity index (χ3n) is 4.07. The van der Waals surface area contributed by atoms with E-state index in [1.807, 2.05) is 42.5 Å². The Bertz CT molecular complexity index is 867. The van der Waals surface area contributed by atoms with Gasteiger partial charge in [0.1, 0.15) is 24.2 Å². The molecule has 1 aromatic heterocycles. The summed E-state index contributed by atoms with van der Waals surface area (Å²) in [6.07, 6.45) is 2.31. The fourth-order valence-corrected chi connectivity index (χ4v) is 2.95. The van der Waals surface area contributed by atoms with Crippen molar-refractivity contribution in [2.45, 2.75) is 19.1 Å². The molecule has 0 saturated carbocycles. The molecule has 1 fully saturated rings. The molecule has 1 saturated heterocycles. The van der Waals surface area contributed by atoms with Crippen LogP contribution in [0.1, 0.15) is 12.0 Å². The Morgan fingerprint density at radius 3 is 2.80 bits per heavy atom. The number of rotatable bonds is 5. The zero-order chi connectivity index (χ0) is 17.1. The highest BCUT2D eigenvalue weighted by Crippen LogP contribution is 2.35. The molecular formula is C19H17ClN2O3. The predicted molar refractivity (Wildman–Crippen MR) is 95.2 cm³/mol. The molecule has 5 nitrogen and oxygen atoms in total. The Hall–Kier alpha value is -2.37. The summed E-state index contributed by atoms with van der Waals surface area (Å²) in [6, 6.07) is 13.7. The molecule has 1 aliphatic rings. The number of hydrogen-bond donors (Lipinski definition) is 0. The zero-order valence-corrected chi connectivity index (χ0v) is 14.3. The largest absolute Gasteiger partial charge is 0.485 e. The van der Waals surface area contributed by atoms with Gasteiger partial charge in [0.25, 0.3) is 0 Å². The maximum Gasteiger partial charge on any atom is 0.163 e. The summed E-state index contributed by atoms with van der Waals surface area (Å²) in [5.41, 5.74) is 1.80. The summed E-state index contributed by atoms with van der Waals surface area (Å²) < 4.78 is 17.5. The van der Waals surface area contributed by atoms with Gasteiger partial charge in [0.15, 0.2) is 11.5 Å². The van der Waals surface area contributed by atoms with Crippen molar-refractivity contribution in [1.29, 1.82) is 0 Å². The molecule has 1 unspecified atom stereocenters. The van der Waals surface area contributed by atoms with Crippen LogP contribution in [0, 0.1) is 0 Å². The van der Waals surface area contributed by atoms with Crippen molar-refractivity contribution >= 4 is 22.5 Å². The molecule has 0 amide bonds. The molecule has 2 aromatic carbocycles. The highest BCUT2D eigenvalue weighted by molar-refractivity contribution is 6.34. The van der Waals surface area contributed by atoms with Crippen LogP contribution < -0.4 is 9.47 Å². The summed E-state index contributed by atoms with van der Waals surface area (Å²) >= 11 is 6.20. The Labute approximate surface area is 150 Å². The van der Waals surface area contributed by atoms with Crippen molar-refractivity contribution in [2.24, 2.45) is 0 Å². The second kappa shape index (κ2) is 7.25. The summed E-state index contributed by atoms with van der Waals surface area (Å²) in [4.78, 5) is 8.31. The lowest BCUT2D eigenvalue weighted by molar-refractivity contribution is 0.137. The molecule has 1 atom stereocenters. The van der Waals surface area contributed by atoms with Crippen LogP contribution >= 0.6 is 11.6 Å². The van der Waals surface area contributed by atoms with Crippen molar-refractivity contribution in [3.63, 3.8) is 0 Å². The van der Waals surface area contributed by atoms with E-state index in [2.05, 4.69) is 9.97 Å². The van der Waals surface area contributed by atoms with E-state index >= 15 is 0 Å². The van der Waals surface area contributed by atoms with Crippen molar-refractivity contribution in [3.8, 4) is 11.5 Å². The highest BCUT2D eigenvalue weighted by Gasteiger charge is 2.20. The zero-order valence-electron chi connectivity index (χ0n) is 13.5. The second-order valence-electron chi connectivity index (χ2n) is 5.86. The summed E-state index contributed by atoms with van der Waals surface area (Å²) in [6.45, 7) is 1.74. The topological polar surface area (TPSA) is 53.5 Å². The Morgan fingerprint density at radius 2 is 2.00 bits per heavy atom. The van der Waals surface area contributed by atoms with Crippen LogP contribution in [-0.4, -0.2) is 29.3 Å². The first-order chi connectivity index (χ1) is 12.3. The molecule has 128 valence electrons.